The SMILES string of the molecule is CN(C)c1ccc(/C=C2\Oc3c(ccc(O)c3CN3CCCC[C@H]3c3cccnc3)C2=O)cc1. The molecule has 3 heterocycles. The highest BCUT2D eigenvalue weighted by atomic mass is 16.5. The lowest BCUT2D eigenvalue weighted by Gasteiger charge is -2.36. The van der Waals surface area contributed by atoms with Gasteiger partial charge in [0.05, 0.1) is 11.1 Å². The molecule has 6 heteroatoms. The number of ketones is 1. The molecule has 1 saturated heterocycles. The summed E-state index contributed by atoms with van der Waals surface area (Å²) in [6.07, 6.45) is 8.76. The van der Waals surface area contributed by atoms with Gasteiger partial charge in [0, 0.05) is 44.8 Å². The van der Waals surface area contributed by atoms with Crippen molar-refractivity contribution < 1.29 is 14.6 Å². The maximum Gasteiger partial charge on any atom is 0.231 e. The quantitative estimate of drug-likeness (QED) is 0.534. The molecule has 174 valence electrons. The summed E-state index contributed by atoms with van der Waals surface area (Å²) in [5, 5.41) is 10.8. The largest absolute Gasteiger partial charge is 0.507 e. The van der Waals surface area contributed by atoms with Gasteiger partial charge in [-0.15, -0.1) is 0 Å². The van der Waals surface area contributed by atoms with Crippen LogP contribution in [-0.4, -0.2) is 41.4 Å². The summed E-state index contributed by atoms with van der Waals surface area (Å²) < 4.78 is 6.10. The number of allylic oxidation sites excluding steroid dienone is 1. The van der Waals surface area contributed by atoms with Crippen LogP contribution in [-0.2, 0) is 6.54 Å². The number of nitrogens with zero attached hydrogens (tertiary/aromatic N) is 3. The van der Waals surface area contributed by atoms with Crippen LogP contribution in [0.15, 0.2) is 66.7 Å². The third-order valence-corrected chi connectivity index (χ3v) is 6.67. The Morgan fingerprint density at radius 1 is 1.15 bits per heavy atom. The molecule has 1 atom stereocenters. The number of rotatable bonds is 5. The first-order valence-corrected chi connectivity index (χ1v) is 11.7. The minimum Gasteiger partial charge on any atom is -0.507 e. The number of phenols is 1. The van der Waals surface area contributed by atoms with Crippen LogP contribution in [0.2, 0.25) is 0 Å². The molecular weight excluding hydrogens is 426 g/mol. The van der Waals surface area contributed by atoms with Crippen molar-refractivity contribution in [3.8, 4) is 11.5 Å². The standard InChI is InChI=1S/C28H29N3O3/c1-30(2)21-10-8-19(9-11-21)16-26-27(33)22-12-13-25(32)23(28(22)34-26)18-31-15-4-3-7-24(31)20-6-5-14-29-17-20/h5-6,8-14,16-17,24,32H,3-4,7,15,18H2,1-2H3/b26-16-/t24-/m0/s1. The topological polar surface area (TPSA) is 65.9 Å². The van der Waals surface area contributed by atoms with Gasteiger partial charge in [-0.2, -0.15) is 0 Å². The molecule has 0 amide bonds. The van der Waals surface area contributed by atoms with E-state index < -0.39 is 0 Å². The fraction of sp³-hybridized carbons (Fsp3) is 0.286. The Morgan fingerprint density at radius 3 is 2.71 bits per heavy atom. The van der Waals surface area contributed by atoms with Crippen LogP contribution >= 0.6 is 0 Å². The second-order valence-electron chi connectivity index (χ2n) is 9.13. The second-order valence-corrected chi connectivity index (χ2v) is 9.13. The number of ether oxygens (including phenoxy) is 1. The number of anilines is 1. The average Bonchev–Trinajstić information content (AvgIpc) is 3.17. The van der Waals surface area contributed by atoms with Crippen LogP contribution in [0.1, 0.15) is 52.4 Å². The van der Waals surface area contributed by atoms with Gasteiger partial charge in [-0.05, 0) is 66.9 Å². The van der Waals surface area contributed by atoms with Gasteiger partial charge in [0.15, 0.2) is 5.76 Å². The summed E-state index contributed by atoms with van der Waals surface area (Å²) in [5.41, 5.74) is 4.31. The first-order chi connectivity index (χ1) is 16.5. The summed E-state index contributed by atoms with van der Waals surface area (Å²) in [7, 11) is 3.98. The monoisotopic (exact) mass is 455 g/mol. The zero-order valence-electron chi connectivity index (χ0n) is 19.6. The van der Waals surface area contributed by atoms with E-state index in [0.29, 0.717) is 23.4 Å². The number of carbonyl (C=O) groups excluding carboxylic acids is 1. The molecule has 0 saturated carbocycles. The Bertz CT molecular complexity index is 1220. The number of carbonyl (C=O) groups is 1. The number of aromatic hydroxyl groups is 1. The first-order valence-electron chi connectivity index (χ1n) is 11.7. The van der Waals surface area contributed by atoms with Crippen molar-refractivity contribution in [3.05, 3.63) is 88.9 Å². The second kappa shape index (κ2) is 9.31. The van der Waals surface area contributed by atoms with Crippen molar-refractivity contribution in [2.75, 3.05) is 25.5 Å². The highest BCUT2D eigenvalue weighted by molar-refractivity contribution is 6.15. The highest BCUT2D eigenvalue weighted by Crippen LogP contribution is 2.42. The molecule has 1 aromatic heterocycles. The summed E-state index contributed by atoms with van der Waals surface area (Å²) >= 11 is 0. The lowest BCUT2D eigenvalue weighted by molar-refractivity contribution is 0.101. The van der Waals surface area contributed by atoms with E-state index in [1.807, 2.05) is 55.5 Å². The molecule has 1 N–H and O–H groups in total. The predicted molar refractivity (Wildman–Crippen MR) is 133 cm³/mol. The van der Waals surface area contributed by atoms with Gasteiger partial charge in [-0.25, -0.2) is 0 Å². The van der Waals surface area contributed by atoms with Gasteiger partial charge >= 0.3 is 0 Å². The van der Waals surface area contributed by atoms with Crippen LogP contribution in [0.25, 0.3) is 6.08 Å². The smallest absolute Gasteiger partial charge is 0.231 e. The van der Waals surface area contributed by atoms with Crippen molar-refractivity contribution in [3.63, 3.8) is 0 Å². The number of Topliss-reactive ketones (excluding diaryl/α,β-unsaturated/α-hetero) is 1. The molecule has 3 aromatic rings. The minimum absolute atomic E-state index is 0.152. The van der Waals surface area contributed by atoms with E-state index in [2.05, 4.69) is 16.0 Å². The van der Waals surface area contributed by atoms with E-state index in [9.17, 15) is 9.90 Å². The molecule has 0 aliphatic carbocycles. The fourth-order valence-electron chi connectivity index (χ4n) is 4.80. The molecule has 5 rings (SSSR count). The third kappa shape index (κ3) is 4.29. The van der Waals surface area contributed by atoms with Crippen molar-refractivity contribution >= 4 is 17.5 Å². The van der Waals surface area contributed by atoms with Crippen LogP contribution in [0.5, 0.6) is 11.5 Å². The Balaban J connectivity index is 1.43. The Morgan fingerprint density at radius 2 is 1.97 bits per heavy atom. The van der Waals surface area contributed by atoms with Gasteiger partial charge in [-0.1, -0.05) is 24.6 Å². The molecule has 2 aliphatic heterocycles. The van der Waals surface area contributed by atoms with Crippen molar-refractivity contribution in [1.82, 2.24) is 9.88 Å². The number of benzene rings is 2. The highest BCUT2D eigenvalue weighted by Gasteiger charge is 2.33. The molecule has 0 spiro atoms. The number of aromatic nitrogens is 1. The Kier molecular flexibility index (Phi) is 6.07. The fourth-order valence-corrected chi connectivity index (χ4v) is 4.80. The molecule has 0 radical (unpaired) electrons. The van der Waals surface area contributed by atoms with Crippen molar-refractivity contribution in [1.29, 1.82) is 0 Å². The van der Waals surface area contributed by atoms with Crippen molar-refractivity contribution in [2.45, 2.75) is 31.8 Å². The lowest BCUT2D eigenvalue weighted by atomic mass is 9.95. The summed E-state index contributed by atoms with van der Waals surface area (Å²) in [6.45, 7) is 1.42. The summed E-state index contributed by atoms with van der Waals surface area (Å²) in [4.78, 5) is 21.8. The van der Waals surface area contributed by atoms with E-state index in [1.54, 1.807) is 24.4 Å². The van der Waals surface area contributed by atoms with E-state index in [1.165, 1.54) is 5.56 Å². The van der Waals surface area contributed by atoms with E-state index in [-0.39, 0.29) is 23.3 Å². The van der Waals surface area contributed by atoms with Crippen LogP contribution < -0.4 is 9.64 Å². The van der Waals surface area contributed by atoms with Gasteiger partial charge < -0.3 is 14.7 Å². The maximum absolute atomic E-state index is 13.1. The van der Waals surface area contributed by atoms with Crippen molar-refractivity contribution in [2.24, 2.45) is 0 Å². The average molecular weight is 456 g/mol. The lowest BCUT2D eigenvalue weighted by Crippen LogP contribution is -2.33. The number of fused-ring (bicyclic) bond motifs is 1. The van der Waals surface area contributed by atoms with Gasteiger partial charge in [0.25, 0.3) is 0 Å². The van der Waals surface area contributed by atoms with Gasteiger partial charge in [-0.3, -0.25) is 14.7 Å². The number of hydrogen-bond donors (Lipinski definition) is 1. The van der Waals surface area contributed by atoms with E-state index in [0.717, 1.165) is 37.1 Å². The Labute approximate surface area is 200 Å². The number of pyridine rings is 1. The molecule has 0 bridgehead atoms. The van der Waals surface area contributed by atoms with E-state index >= 15 is 0 Å². The molecule has 2 aliphatic rings. The van der Waals surface area contributed by atoms with Crippen LogP contribution in [0, 0.1) is 0 Å². The zero-order valence-corrected chi connectivity index (χ0v) is 19.6. The number of phenolic OH excluding ortho intramolecular Hbond substituents is 1. The molecule has 0 unspecified atom stereocenters. The predicted octanol–water partition coefficient (Wildman–Crippen LogP) is 5.20. The number of piperidine rings is 1. The van der Waals surface area contributed by atoms with Gasteiger partial charge in [0.2, 0.25) is 5.78 Å². The molecular formula is C28H29N3O3. The molecule has 6 nitrogen and oxygen atoms in total. The maximum atomic E-state index is 13.1. The normalized spacial score (nSPS) is 19.2. The molecule has 34 heavy (non-hydrogen) atoms. The third-order valence-electron chi connectivity index (χ3n) is 6.67. The summed E-state index contributed by atoms with van der Waals surface area (Å²) in [5.74, 6) is 0.743. The zero-order chi connectivity index (χ0) is 23.7. The van der Waals surface area contributed by atoms with Gasteiger partial charge in [0.1, 0.15) is 11.5 Å². The first kappa shape index (κ1) is 22.2. The Hall–Kier alpha value is -3.64. The van der Waals surface area contributed by atoms with Crippen LogP contribution in [0.3, 0.4) is 0 Å². The minimum atomic E-state index is -0.157. The molecule has 1 fully saturated rings. The van der Waals surface area contributed by atoms with Crippen LogP contribution in [0.4, 0.5) is 5.69 Å². The summed E-state index contributed by atoms with van der Waals surface area (Å²) in [6, 6.07) is 15.5. The number of likely N-dealkylation sites (tertiary alicyclic amines) is 1. The van der Waals surface area contributed by atoms with E-state index in [4.69, 9.17) is 4.74 Å². The number of hydrogen-bond acceptors (Lipinski definition) is 6. The molecule has 2 aromatic carbocycles.